The average Bonchev–Trinajstić information content (AvgIpc) is 3.33. The molecule has 4 rings (SSSR count). The first kappa shape index (κ1) is 17.1. The first-order chi connectivity index (χ1) is 13.1. The third-order valence-electron chi connectivity index (χ3n) is 4.94. The van der Waals surface area contributed by atoms with Gasteiger partial charge in [0.05, 0.1) is 13.0 Å². The molecular formula is C19H18N2O6. The van der Waals surface area contributed by atoms with Crippen molar-refractivity contribution in [2.24, 2.45) is 5.92 Å². The summed E-state index contributed by atoms with van der Waals surface area (Å²) in [5.74, 6) is -0.629. The molecule has 1 fully saturated rings. The fourth-order valence-electron chi connectivity index (χ4n) is 3.54. The molecule has 0 aliphatic carbocycles. The second-order valence-corrected chi connectivity index (χ2v) is 6.46. The lowest BCUT2D eigenvalue weighted by molar-refractivity contribution is -0.141. The lowest BCUT2D eigenvalue weighted by atomic mass is 9.89. The Hall–Kier alpha value is -3.29. The number of fused-ring (bicyclic) bond motifs is 1. The van der Waals surface area contributed by atoms with Crippen LogP contribution >= 0.6 is 0 Å². The van der Waals surface area contributed by atoms with Crippen molar-refractivity contribution in [1.29, 1.82) is 0 Å². The molecule has 0 bridgehead atoms. The molecule has 2 aromatic rings. The van der Waals surface area contributed by atoms with Gasteiger partial charge in [-0.2, -0.15) is 0 Å². The van der Waals surface area contributed by atoms with E-state index in [4.69, 9.17) is 14.2 Å². The van der Waals surface area contributed by atoms with Crippen molar-refractivity contribution < 1.29 is 28.9 Å². The van der Waals surface area contributed by atoms with Crippen LogP contribution in [-0.4, -0.2) is 53.9 Å². The van der Waals surface area contributed by atoms with E-state index in [0.717, 1.165) is 5.56 Å². The molecular weight excluding hydrogens is 352 g/mol. The van der Waals surface area contributed by atoms with Crippen molar-refractivity contribution in [1.82, 2.24) is 9.88 Å². The van der Waals surface area contributed by atoms with E-state index in [1.807, 2.05) is 6.07 Å². The van der Waals surface area contributed by atoms with Gasteiger partial charge in [0.2, 0.25) is 12.7 Å². The molecule has 1 saturated heterocycles. The Labute approximate surface area is 155 Å². The van der Waals surface area contributed by atoms with Crippen LogP contribution in [0.3, 0.4) is 0 Å². The maximum Gasteiger partial charge on any atom is 0.308 e. The van der Waals surface area contributed by atoms with Crippen LogP contribution in [0.15, 0.2) is 36.5 Å². The van der Waals surface area contributed by atoms with Gasteiger partial charge in [-0.15, -0.1) is 0 Å². The van der Waals surface area contributed by atoms with Crippen LogP contribution < -0.4 is 14.2 Å². The van der Waals surface area contributed by atoms with Crippen molar-refractivity contribution in [2.45, 2.75) is 5.92 Å². The fraction of sp³-hybridized carbons (Fsp3) is 0.316. The van der Waals surface area contributed by atoms with E-state index in [2.05, 4.69) is 4.98 Å². The number of aliphatic carboxylic acids is 1. The number of carboxylic acids is 1. The Morgan fingerprint density at radius 1 is 1.19 bits per heavy atom. The normalized spacial score (nSPS) is 20.6. The van der Waals surface area contributed by atoms with Crippen LogP contribution in [0.4, 0.5) is 0 Å². The summed E-state index contributed by atoms with van der Waals surface area (Å²) in [6.45, 7) is 0.596. The minimum absolute atomic E-state index is 0.137. The summed E-state index contributed by atoms with van der Waals surface area (Å²) in [5, 5.41) is 9.67. The van der Waals surface area contributed by atoms with Crippen molar-refractivity contribution in [3.63, 3.8) is 0 Å². The zero-order valence-corrected chi connectivity index (χ0v) is 14.6. The number of hydrogen-bond acceptors (Lipinski definition) is 6. The first-order valence-electron chi connectivity index (χ1n) is 8.48. The van der Waals surface area contributed by atoms with Crippen molar-refractivity contribution >= 4 is 11.9 Å². The molecule has 1 amide bonds. The molecule has 8 nitrogen and oxygen atoms in total. The van der Waals surface area contributed by atoms with Gasteiger partial charge in [-0.1, -0.05) is 6.07 Å². The van der Waals surface area contributed by atoms with Crippen LogP contribution in [0, 0.1) is 5.92 Å². The molecule has 0 unspecified atom stereocenters. The number of rotatable bonds is 4. The standard InChI is InChI=1S/C19H18N2O6/c1-25-17-7-12(4-5-20-17)18(22)21-8-13(14(9-21)19(23)24)11-2-3-15-16(6-11)27-10-26-15/h2-7,13-14H,8-10H2,1H3,(H,23,24)/t13-,14+/m0/s1. The lowest BCUT2D eigenvalue weighted by Gasteiger charge is -2.17. The highest BCUT2D eigenvalue weighted by molar-refractivity contribution is 5.95. The minimum Gasteiger partial charge on any atom is -0.481 e. The first-order valence-corrected chi connectivity index (χ1v) is 8.48. The lowest BCUT2D eigenvalue weighted by Crippen LogP contribution is -2.29. The van der Waals surface area contributed by atoms with E-state index in [-0.39, 0.29) is 25.2 Å². The highest BCUT2D eigenvalue weighted by Gasteiger charge is 2.41. The number of benzene rings is 1. The van der Waals surface area contributed by atoms with Crippen LogP contribution in [-0.2, 0) is 4.79 Å². The molecule has 2 atom stereocenters. The summed E-state index contributed by atoms with van der Waals surface area (Å²) in [6.07, 6.45) is 1.49. The van der Waals surface area contributed by atoms with E-state index >= 15 is 0 Å². The molecule has 27 heavy (non-hydrogen) atoms. The molecule has 8 heteroatoms. The van der Waals surface area contributed by atoms with E-state index in [9.17, 15) is 14.7 Å². The van der Waals surface area contributed by atoms with Crippen LogP contribution in [0.5, 0.6) is 17.4 Å². The van der Waals surface area contributed by atoms with E-state index in [1.165, 1.54) is 13.3 Å². The van der Waals surface area contributed by atoms with Gasteiger partial charge in [-0.05, 0) is 23.8 Å². The SMILES string of the molecule is COc1cc(C(=O)N2C[C@@H](C(=O)O)[C@H](c3ccc4c(c3)OCO4)C2)ccn1. The van der Waals surface area contributed by atoms with E-state index in [0.29, 0.717) is 29.5 Å². The maximum atomic E-state index is 12.9. The molecule has 140 valence electrons. The second kappa shape index (κ2) is 6.79. The monoisotopic (exact) mass is 370 g/mol. The van der Waals surface area contributed by atoms with Gasteiger partial charge < -0.3 is 24.2 Å². The number of amides is 1. The second-order valence-electron chi connectivity index (χ2n) is 6.46. The number of methoxy groups -OCH3 is 1. The molecule has 1 N–H and O–H groups in total. The predicted octanol–water partition coefficient (Wildman–Crippen LogP) is 1.76. The maximum absolute atomic E-state index is 12.9. The topological polar surface area (TPSA) is 98.2 Å². The van der Waals surface area contributed by atoms with Gasteiger partial charge in [-0.25, -0.2) is 4.98 Å². The Balaban J connectivity index is 1.60. The molecule has 2 aliphatic rings. The Morgan fingerprint density at radius 2 is 2.00 bits per heavy atom. The van der Waals surface area contributed by atoms with Gasteiger partial charge in [0.25, 0.3) is 5.91 Å². The summed E-state index contributed by atoms with van der Waals surface area (Å²) in [5.41, 5.74) is 1.23. The summed E-state index contributed by atoms with van der Waals surface area (Å²) >= 11 is 0. The molecule has 3 heterocycles. The molecule has 0 spiro atoms. The summed E-state index contributed by atoms with van der Waals surface area (Å²) in [7, 11) is 1.47. The minimum atomic E-state index is -0.930. The Morgan fingerprint density at radius 3 is 2.78 bits per heavy atom. The van der Waals surface area contributed by atoms with Gasteiger partial charge in [-0.3, -0.25) is 9.59 Å². The Kier molecular flexibility index (Phi) is 4.31. The number of carbonyl (C=O) groups is 2. The summed E-state index contributed by atoms with van der Waals surface area (Å²) in [6, 6.07) is 8.54. The quantitative estimate of drug-likeness (QED) is 0.876. The molecule has 1 aromatic carbocycles. The predicted molar refractivity (Wildman–Crippen MR) is 93.1 cm³/mol. The van der Waals surface area contributed by atoms with Gasteiger partial charge in [0.1, 0.15) is 0 Å². The number of carbonyl (C=O) groups excluding carboxylic acids is 1. The number of pyridine rings is 1. The zero-order valence-electron chi connectivity index (χ0n) is 14.6. The van der Waals surface area contributed by atoms with Gasteiger partial charge in [0, 0.05) is 36.8 Å². The number of ether oxygens (including phenoxy) is 3. The van der Waals surface area contributed by atoms with Crippen molar-refractivity contribution in [3.05, 3.63) is 47.7 Å². The third kappa shape index (κ3) is 3.14. The number of nitrogens with zero attached hydrogens (tertiary/aromatic N) is 2. The molecule has 0 radical (unpaired) electrons. The Bertz CT molecular complexity index is 900. The number of aromatic nitrogens is 1. The van der Waals surface area contributed by atoms with Gasteiger partial charge in [0.15, 0.2) is 11.5 Å². The van der Waals surface area contributed by atoms with E-state index in [1.54, 1.807) is 29.2 Å². The highest BCUT2D eigenvalue weighted by atomic mass is 16.7. The van der Waals surface area contributed by atoms with E-state index < -0.39 is 11.9 Å². The number of likely N-dealkylation sites (tertiary alicyclic amines) is 1. The average molecular weight is 370 g/mol. The molecule has 0 saturated carbocycles. The smallest absolute Gasteiger partial charge is 0.308 e. The third-order valence-corrected chi connectivity index (χ3v) is 4.94. The number of hydrogen-bond donors (Lipinski definition) is 1. The van der Waals surface area contributed by atoms with Crippen molar-refractivity contribution in [2.75, 3.05) is 27.0 Å². The van der Waals surface area contributed by atoms with Crippen molar-refractivity contribution in [3.8, 4) is 17.4 Å². The molecule has 2 aliphatic heterocycles. The van der Waals surface area contributed by atoms with Crippen LogP contribution in [0.25, 0.3) is 0 Å². The molecule has 1 aromatic heterocycles. The van der Waals surface area contributed by atoms with Gasteiger partial charge >= 0.3 is 5.97 Å². The fourth-order valence-corrected chi connectivity index (χ4v) is 3.54. The highest BCUT2D eigenvalue weighted by Crippen LogP contribution is 2.39. The van der Waals surface area contributed by atoms with Crippen LogP contribution in [0.1, 0.15) is 21.8 Å². The largest absolute Gasteiger partial charge is 0.481 e. The van der Waals surface area contributed by atoms with Crippen LogP contribution in [0.2, 0.25) is 0 Å². The number of carboxylic acid groups (broad SMARTS) is 1. The zero-order chi connectivity index (χ0) is 19.0. The summed E-state index contributed by atoms with van der Waals surface area (Å²) < 4.78 is 15.8. The summed E-state index contributed by atoms with van der Waals surface area (Å²) in [4.78, 5) is 30.2.